The molecular weight excluding hydrogens is 182 g/mol. The number of pyridine rings is 1. The number of hydrogen-bond acceptors (Lipinski definition) is 4. The molecule has 0 saturated carbocycles. The fraction of sp³-hybridized carbons (Fsp3) is 0.222. The monoisotopic (exact) mass is 193 g/mol. The normalized spacial score (nSPS) is 12.1. The van der Waals surface area contributed by atoms with Crippen LogP contribution >= 0.6 is 0 Å². The number of nitrogens with zero attached hydrogens (tertiary/aromatic N) is 2. The fourth-order valence-corrected chi connectivity index (χ4v) is 1.03. The van der Waals surface area contributed by atoms with Gasteiger partial charge in [-0.2, -0.15) is 0 Å². The minimum Gasteiger partial charge on any atom is -0.322 e. The molecular formula is C9H11N3O2. The fourth-order valence-electron chi connectivity index (χ4n) is 1.03. The first-order valence-corrected chi connectivity index (χ1v) is 4.12. The summed E-state index contributed by atoms with van der Waals surface area (Å²) in [6, 6.07) is 2.71. The molecule has 14 heavy (non-hydrogen) atoms. The van der Waals surface area contributed by atoms with Crippen LogP contribution in [0.25, 0.3) is 0 Å². The summed E-state index contributed by atoms with van der Waals surface area (Å²) < 4.78 is 0. The van der Waals surface area contributed by atoms with E-state index in [1.54, 1.807) is 12.1 Å². The van der Waals surface area contributed by atoms with Crippen molar-refractivity contribution in [1.29, 1.82) is 0 Å². The van der Waals surface area contributed by atoms with Gasteiger partial charge in [-0.3, -0.25) is 15.1 Å². The van der Waals surface area contributed by atoms with Gasteiger partial charge in [-0.1, -0.05) is 6.08 Å². The number of nitro groups is 1. The Hall–Kier alpha value is -1.75. The molecule has 0 aromatic carbocycles. The van der Waals surface area contributed by atoms with Crippen LogP contribution in [0.15, 0.2) is 31.0 Å². The van der Waals surface area contributed by atoms with Gasteiger partial charge in [-0.15, -0.1) is 6.58 Å². The second-order valence-corrected chi connectivity index (χ2v) is 2.83. The molecule has 0 unspecified atom stereocenters. The molecule has 1 rings (SSSR count). The van der Waals surface area contributed by atoms with E-state index in [2.05, 4.69) is 11.6 Å². The van der Waals surface area contributed by atoms with Gasteiger partial charge in [0, 0.05) is 6.07 Å². The van der Waals surface area contributed by atoms with E-state index in [1.165, 1.54) is 12.3 Å². The minimum absolute atomic E-state index is 0.0282. The van der Waals surface area contributed by atoms with E-state index in [1.807, 2.05) is 0 Å². The van der Waals surface area contributed by atoms with Gasteiger partial charge in [-0.05, 0) is 12.5 Å². The van der Waals surface area contributed by atoms with E-state index in [0.29, 0.717) is 12.1 Å². The average Bonchev–Trinajstić information content (AvgIpc) is 2.18. The Bertz CT molecular complexity index is 334. The maximum atomic E-state index is 10.3. The lowest BCUT2D eigenvalue weighted by Crippen LogP contribution is -2.10. The Morgan fingerprint density at radius 2 is 2.43 bits per heavy atom. The van der Waals surface area contributed by atoms with E-state index < -0.39 is 4.92 Å². The van der Waals surface area contributed by atoms with Crippen molar-refractivity contribution in [1.82, 2.24) is 4.98 Å². The van der Waals surface area contributed by atoms with Crippen LogP contribution in [0.5, 0.6) is 0 Å². The molecule has 1 heterocycles. The molecule has 1 aromatic heterocycles. The first kappa shape index (κ1) is 10.3. The van der Waals surface area contributed by atoms with Crippen molar-refractivity contribution < 1.29 is 4.92 Å². The molecule has 0 aliphatic heterocycles. The largest absolute Gasteiger partial charge is 0.322 e. The maximum absolute atomic E-state index is 10.3. The second kappa shape index (κ2) is 4.48. The summed E-state index contributed by atoms with van der Waals surface area (Å²) in [6.07, 6.45) is 3.50. The van der Waals surface area contributed by atoms with E-state index >= 15 is 0 Å². The molecule has 0 spiro atoms. The highest BCUT2D eigenvalue weighted by atomic mass is 16.6. The third-order valence-corrected chi connectivity index (χ3v) is 1.78. The van der Waals surface area contributed by atoms with E-state index in [0.717, 1.165) is 0 Å². The first-order chi connectivity index (χ1) is 6.65. The zero-order valence-electron chi connectivity index (χ0n) is 7.59. The minimum atomic E-state index is -0.490. The first-order valence-electron chi connectivity index (χ1n) is 4.12. The standard InChI is InChI=1S/C9H11N3O2/c1-2-3-8(10)9-5-4-7(6-11-9)12(13)14/h2,4-6,8H,1,3,10H2/t8-/m1/s1. The SMILES string of the molecule is C=CC[C@@H](N)c1ccc([N+](=O)[O-])cn1. The molecule has 5 nitrogen and oxygen atoms in total. The molecule has 0 bridgehead atoms. The predicted octanol–water partition coefficient (Wildman–Crippen LogP) is 1.57. The lowest BCUT2D eigenvalue weighted by atomic mass is 10.1. The summed E-state index contributed by atoms with van der Waals surface area (Å²) in [4.78, 5) is 13.7. The zero-order valence-corrected chi connectivity index (χ0v) is 7.59. The molecule has 74 valence electrons. The van der Waals surface area contributed by atoms with Crippen LogP contribution in [-0.4, -0.2) is 9.91 Å². The van der Waals surface area contributed by atoms with Crippen molar-refractivity contribution in [3.8, 4) is 0 Å². The Morgan fingerprint density at radius 3 is 2.86 bits per heavy atom. The van der Waals surface area contributed by atoms with Gasteiger partial charge in [0.25, 0.3) is 5.69 Å². The predicted molar refractivity (Wildman–Crippen MR) is 52.6 cm³/mol. The third kappa shape index (κ3) is 2.37. The van der Waals surface area contributed by atoms with Crippen LogP contribution in [0.2, 0.25) is 0 Å². The van der Waals surface area contributed by atoms with E-state index in [-0.39, 0.29) is 11.7 Å². The van der Waals surface area contributed by atoms with Crippen LogP contribution < -0.4 is 5.73 Å². The van der Waals surface area contributed by atoms with Crippen LogP contribution in [-0.2, 0) is 0 Å². The van der Waals surface area contributed by atoms with Gasteiger partial charge in [0.1, 0.15) is 6.20 Å². The van der Waals surface area contributed by atoms with Crippen molar-refractivity contribution in [2.24, 2.45) is 5.73 Å². The highest BCUT2D eigenvalue weighted by Crippen LogP contribution is 2.15. The molecule has 0 fully saturated rings. The van der Waals surface area contributed by atoms with Crippen molar-refractivity contribution in [3.05, 3.63) is 46.8 Å². The molecule has 0 saturated heterocycles. The van der Waals surface area contributed by atoms with Gasteiger partial charge in [0.15, 0.2) is 0 Å². The van der Waals surface area contributed by atoms with Crippen molar-refractivity contribution in [2.75, 3.05) is 0 Å². The Balaban J connectivity index is 2.82. The van der Waals surface area contributed by atoms with Crippen molar-refractivity contribution in [2.45, 2.75) is 12.5 Å². The Labute approximate surface area is 81.4 Å². The summed E-state index contributed by atoms with van der Waals surface area (Å²) in [5, 5.41) is 10.3. The maximum Gasteiger partial charge on any atom is 0.287 e. The summed E-state index contributed by atoms with van der Waals surface area (Å²) >= 11 is 0. The molecule has 2 N–H and O–H groups in total. The summed E-state index contributed by atoms with van der Waals surface area (Å²) in [5.74, 6) is 0. The smallest absolute Gasteiger partial charge is 0.287 e. The molecule has 0 amide bonds. The number of rotatable bonds is 4. The highest BCUT2D eigenvalue weighted by Gasteiger charge is 2.09. The molecule has 1 atom stereocenters. The van der Waals surface area contributed by atoms with Crippen LogP contribution in [0.4, 0.5) is 5.69 Å². The van der Waals surface area contributed by atoms with E-state index in [9.17, 15) is 10.1 Å². The molecule has 0 radical (unpaired) electrons. The number of aromatic nitrogens is 1. The van der Waals surface area contributed by atoms with Gasteiger partial charge in [0.2, 0.25) is 0 Å². The van der Waals surface area contributed by atoms with Gasteiger partial charge in [0.05, 0.1) is 16.7 Å². The molecule has 0 aliphatic rings. The number of nitrogens with two attached hydrogens (primary N) is 1. The van der Waals surface area contributed by atoms with Crippen molar-refractivity contribution >= 4 is 5.69 Å². The van der Waals surface area contributed by atoms with Gasteiger partial charge >= 0.3 is 0 Å². The lowest BCUT2D eigenvalue weighted by molar-refractivity contribution is -0.385. The molecule has 0 aliphatic carbocycles. The second-order valence-electron chi connectivity index (χ2n) is 2.83. The topological polar surface area (TPSA) is 82.0 Å². The third-order valence-electron chi connectivity index (χ3n) is 1.78. The summed E-state index contributed by atoms with van der Waals surface area (Å²) in [7, 11) is 0. The molecule has 1 aromatic rings. The summed E-state index contributed by atoms with van der Waals surface area (Å²) in [6.45, 7) is 3.56. The van der Waals surface area contributed by atoms with Gasteiger partial charge in [-0.25, -0.2) is 0 Å². The molecule has 5 heteroatoms. The van der Waals surface area contributed by atoms with E-state index in [4.69, 9.17) is 5.73 Å². The van der Waals surface area contributed by atoms with Crippen LogP contribution in [0.3, 0.4) is 0 Å². The zero-order chi connectivity index (χ0) is 10.6. The Morgan fingerprint density at radius 1 is 1.71 bits per heavy atom. The Kier molecular flexibility index (Phi) is 3.30. The lowest BCUT2D eigenvalue weighted by Gasteiger charge is -2.06. The van der Waals surface area contributed by atoms with Crippen LogP contribution in [0, 0.1) is 10.1 Å². The summed E-state index contributed by atoms with van der Waals surface area (Å²) in [5.41, 5.74) is 6.33. The highest BCUT2D eigenvalue weighted by molar-refractivity contribution is 5.27. The quantitative estimate of drug-likeness (QED) is 0.447. The van der Waals surface area contributed by atoms with Crippen LogP contribution in [0.1, 0.15) is 18.2 Å². The number of hydrogen-bond donors (Lipinski definition) is 1. The van der Waals surface area contributed by atoms with Crippen molar-refractivity contribution in [3.63, 3.8) is 0 Å². The van der Waals surface area contributed by atoms with Gasteiger partial charge < -0.3 is 5.73 Å². The average molecular weight is 193 g/mol.